The predicted molar refractivity (Wildman–Crippen MR) is 104 cm³/mol. The third kappa shape index (κ3) is 2.96. The van der Waals surface area contributed by atoms with Gasteiger partial charge in [0.1, 0.15) is 5.00 Å². The van der Waals surface area contributed by atoms with E-state index in [0.29, 0.717) is 33.2 Å². The Bertz CT molecular complexity index is 880. The van der Waals surface area contributed by atoms with Gasteiger partial charge in [-0.25, -0.2) is 4.79 Å². The van der Waals surface area contributed by atoms with Gasteiger partial charge in [0.25, 0.3) is 5.91 Å². The van der Waals surface area contributed by atoms with E-state index in [0.717, 1.165) is 23.3 Å². The number of rotatable bonds is 3. The summed E-state index contributed by atoms with van der Waals surface area (Å²) in [7, 11) is 0. The number of carbonyl (C=O) groups excluding carboxylic acids is 2. The van der Waals surface area contributed by atoms with Crippen molar-refractivity contribution in [1.82, 2.24) is 5.32 Å². The molecule has 2 aliphatic rings. The minimum Gasteiger partial charge on any atom is -0.365 e. The van der Waals surface area contributed by atoms with Gasteiger partial charge < -0.3 is 16.4 Å². The molecule has 2 unspecified atom stereocenters. The third-order valence-corrected chi connectivity index (χ3v) is 6.67. The van der Waals surface area contributed by atoms with Crippen LogP contribution in [0.2, 0.25) is 5.02 Å². The fourth-order valence-corrected chi connectivity index (χ4v) is 5.36. The Morgan fingerprint density at radius 2 is 1.96 bits per heavy atom. The Hall–Kier alpha value is -2.09. The van der Waals surface area contributed by atoms with Gasteiger partial charge in [-0.1, -0.05) is 18.5 Å². The Morgan fingerprint density at radius 1 is 1.23 bits per heavy atom. The SMILES string of the molecule is C[C@H]1c2sc(NC(=O)Nc3ccc(Cl)cc3)c(C(N)=O)c2C2CCC1N2. The van der Waals surface area contributed by atoms with Crippen molar-refractivity contribution in [2.75, 3.05) is 10.6 Å². The second kappa shape index (κ2) is 6.57. The van der Waals surface area contributed by atoms with Crippen molar-refractivity contribution in [2.24, 2.45) is 5.73 Å². The number of nitrogens with one attached hydrogen (secondary N) is 3. The molecule has 3 atom stereocenters. The second-order valence-electron chi connectivity index (χ2n) is 6.73. The number of hydrogen-bond donors (Lipinski definition) is 4. The number of thiophene rings is 1. The summed E-state index contributed by atoms with van der Waals surface area (Å²) >= 11 is 7.31. The monoisotopic (exact) mass is 390 g/mol. The molecule has 6 nitrogen and oxygen atoms in total. The molecule has 136 valence electrons. The lowest BCUT2D eigenvalue weighted by Crippen LogP contribution is -2.34. The molecule has 3 heterocycles. The Balaban J connectivity index is 1.62. The van der Waals surface area contributed by atoms with Crippen LogP contribution in [-0.4, -0.2) is 18.0 Å². The van der Waals surface area contributed by atoms with Crippen LogP contribution in [0.15, 0.2) is 24.3 Å². The Labute approximate surface area is 160 Å². The molecule has 1 aromatic carbocycles. The lowest BCUT2D eigenvalue weighted by molar-refractivity contribution is 0.0999. The highest BCUT2D eigenvalue weighted by Crippen LogP contribution is 2.50. The maximum absolute atomic E-state index is 12.4. The first-order valence-corrected chi connectivity index (χ1v) is 9.69. The third-order valence-electron chi connectivity index (χ3n) is 5.10. The van der Waals surface area contributed by atoms with Crippen LogP contribution in [0, 0.1) is 0 Å². The molecule has 0 spiro atoms. The smallest absolute Gasteiger partial charge is 0.324 e. The topological polar surface area (TPSA) is 96.2 Å². The molecular formula is C18H19ClN4O2S. The van der Waals surface area contributed by atoms with Crippen molar-refractivity contribution < 1.29 is 9.59 Å². The van der Waals surface area contributed by atoms with Crippen LogP contribution in [0.25, 0.3) is 0 Å². The van der Waals surface area contributed by atoms with E-state index in [2.05, 4.69) is 22.9 Å². The number of primary amides is 1. The number of anilines is 2. The molecule has 1 aromatic heterocycles. The molecular weight excluding hydrogens is 372 g/mol. The zero-order valence-electron chi connectivity index (χ0n) is 14.1. The van der Waals surface area contributed by atoms with Crippen LogP contribution in [0.5, 0.6) is 0 Å². The summed E-state index contributed by atoms with van der Waals surface area (Å²) in [5, 5.41) is 10.2. The van der Waals surface area contributed by atoms with Crippen LogP contribution >= 0.6 is 22.9 Å². The number of benzene rings is 1. The average molecular weight is 391 g/mol. The Kier molecular flexibility index (Phi) is 4.38. The molecule has 5 N–H and O–H groups in total. The van der Waals surface area contributed by atoms with E-state index in [1.54, 1.807) is 24.3 Å². The number of nitrogens with two attached hydrogens (primary N) is 1. The van der Waals surface area contributed by atoms with E-state index in [1.165, 1.54) is 11.3 Å². The van der Waals surface area contributed by atoms with Crippen LogP contribution in [0.1, 0.15) is 52.5 Å². The molecule has 2 bridgehead atoms. The summed E-state index contributed by atoms with van der Waals surface area (Å²) in [5.41, 5.74) is 7.67. The molecule has 2 aliphatic heterocycles. The molecule has 0 aliphatic carbocycles. The van der Waals surface area contributed by atoms with Gasteiger partial charge in [0.2, 0.25) is 0 Å². The summed E-state index contributed by atoms with van der Waals surface area (Å²) < 4.78 is 0. The van der Waals surface area contributed by atoms with Crippen molar-refractivity contribution in [3.8, 4) is 0 Å². The minimum absolute atomic E-state index is 0.139. The molecule has 8 heteroatoms. The molecule has 1 fully saturated rings. The fraction of sp³-hybridized carbons (Fsp3) is 0.333. The molecule has 0 saturated carbocycles. The van der Waals surface area contributed by atoms with Crippen LogP contribution in [0.3, 0.4) is 0 Å². The van der Waals surface area contributed by atoms with E-state index in [1.807, 2.05) is 0 Å². The van der Waals surface area contributed by atoms with Gasteiger partial charge in [-0.2, -0.15) is 0 Å². The second-order valence-corrected chi connectivity index (χ2v) is 8.21. The van der Waals surface area contributed by atoms with E-state index in [9.17, 15) is 9.59 Å². The van der Waals surface area contributed by atoms with E-state index >= 15 is 0 Å². The highest BCUT2D eigenvalue weighted by molar-refractivity contribution is 7.17. The number of halogens is 1. The Morgan fingerprint density at radius 3 is 2.65 bits per heavy atom. The van der Waals surface area contributed by atoms with Crippen molar-refractivity contribution in [3.63, 3.8) is 0 Å². The quantitative estimate of drug-likeness (QED) is 0.636. The maximum Gasteiger partial charge on any atom is 0.324 e. The molecule has 1 saturated heterocycles. The van der Waals surface area contributed by atoms with Gasteiger partial charge in [0, 0.05) is 33.6 Å². The standard InChI is InChI=1S/C18H19ClN4O2S/c1-8-11-6-7-12(22-11)13-14(16(20)24)17(26-15(8)13)23-18(25)21-10-4-2-9(19)3-5-10/h2-5,8,11-12,22H,6-7H2,1H3,(H2,20,24)(H2,21,23,25)/t8-,11?,12?/m1/s1. The molecule has 3 amide bonds. The summed E-state index contributed by atoms with van der Waals surface area (Å²) in [6.45, 7) is 2.15. The van der Waals surface area contributed by atoms with E-state index < -0.39 is 11.9 Å². The highest BCUT2D eigenvalue weighted by Gasteiger charge is 2.42. The lowest BCUT2D eigenvalue weighted by Gasteiger charge is -2.28. The molecule has 2 aromatic rings. The zero-order valence-corrected chi connectivity index (χ0v) is 15.7. The van der Waals surface area contributed by atoms with Gasteiger partial charge in [0.15, 0.2) is 0 Å². The first-order chi connectivity index (χ1) is 12.4. The number of amides is 3. The maximum atomic E-state index is 12.4. The number of carbonyl (C=O) groups is 2. The zero-order chi connectivity index (χ0) is 18.4. The number of hydrogen-bond acceptors (Lipinski definition) is 4. The van der Waals surface area contributed by atoms with Gasteiger partial charge >= 0.3 is 6.03 Å². The van der Waals surface area contributed by atoms with Crippen LogP contribution in [-0.2, 0) is 0 Å². The van der Waals surface area contributed by atoms with Gasteiger partial charge in [-0.3, -0.25) is 10.1 Å². The first kappa shape index (κ1) is 17.3. The molecule has 26 heavy (non-hydrogen) atoms. The summed E-state index contributed by atoms with van der Waals surface area (Å²) in [5.74, 6) is -0.217. The lowest BCUT2D eigenvalue weighted by atomic mass is 9.92. The number of fused-ring (bicyclic) bond motifs is 4. The van der Waals surface area contributed by atoms with Gasteiger partial charge in [-0.05, 0) is 42.7 Å². The fourth-order valence-electron chi connectivity index (χ4n) is 3.85. The van der Waals surface area contributed by atoms with E-state index in [-0.39, 0.29) is 6.04 Å². The van der Waals surface area contributed by atoms with Gasteiger partial charge in [-0.15, -0.1) is 11.3 Å². The van der Waals surface area contributed by atoms with Crippen molar-refractivity contribution in [2.45, 2.75) is 37.8 Å². The van der Waals surface area contributed by atoms with Crippen LogP contribution in [0.4, 0.5) is 15.5 Å². The summed E-state index contributed by atoms with van der Waals surface area (Å²) in [6.07, 6.45) is 2.07. The van der Waals surface area contributed by atoms with Crippen molar-refractivity contribution in [1.29, 1.82) is 0 Å². The van der Waals surface area contributed by atoms with Crippen molar-refractivity contribution >= 4 is 45.6 Å². The molecule has 0 radical (unpaired) electrons. The molecule has 4 rings (SSSR count). The first-order valence-electron chi connectivity index (χ1n) is 8.50. The van der Waals surface area contributed by atoms with E-state index in [4.69, 9.17) is 17.3 Å². The predicted octanol–water partition coefficient (Wildman–Crippen LogP) is 4.05. The minimum atomic E-state index is -0.511. The van der Waals surface area contributed by atoms with Crippen LogP contribution < -0.4 is 21.7 Å². The number of urea groups is 1. The van der Waals surface area contributed by atoms with Crippen molar-refractivity contribution in [3.05, 3.63) is 45.3 Å². The highest BCUT2D eigenvalue weighted by atomic mass is 35.5. The average Bonchev–Trinajstić information content (AvgIpc) is 3.18. The summed E-state index contributed by atoms with van der Waals surface area (Å²) in [4.78, 5) is 25.7. The summed E-state index contributed by atoms with van der Waals surface area (Å²) in [6, 6.07) is 6.95. The normalized spacial score (nSPS) is 23.4. The largest absolute Gasteiger partial charge is 0.365 e. The van der Waals surface area contributed by atoms with Gasteiger partial charge in [0.05, 0.1) is 5.56 Å².